The third kappa shape index (κ3) is 5.90. The molecule has 0 bridgehead atoms. The van der Waals surface area contributed by atoms with E-state index < -0.39 is 12.2 Å². The molecule has 2 heterocycles. The van der Waals surface area contributed by atoms with Gasteiger partial charge in [0.2, 0.25) is 0 Å². The Labute approximate surface area is 159 Å². The number of hydrogen-bond donors (Lipinski definition) is 1. The van der Waals surface area contributed by atoms with Crippen LogP contribution in [0, 0.1) is 11.8 Å². The molecule has 0 spiro atoms. The summed E-state index contributed by atoms with van der Waals surface area (Å²) in [6.07, 6.45) is 4.86. The average molecular weight is 382 g/mol. The minimum atomic E-state index is -0.776. The number of nitrogens with zero attached hydrogens (tertiary/aromatic N) is 1. The predicted molar refractivity (Wildman–Crippen MR) is 96.2 cm³/mol. The van der Waals surface area contributed by atoms with Crippen LogP contribution < -0.4 is 5.32 Å². The molecule has 27 heavy (non-hydrogen) atoms. The number of hydrogen-bond acceptors (Lipinski definition) is 6. The second kappa shape index (κ2) is 10.0. The topological polar surface area (TPSA) is 94.2 Å². The quantitative estimate of drug-likeness (QED) is 0.740. The first-order valence-corrected chi connectivity index (χ1v) is 10.0. The molecular weight excluding hydrogens is 352 g/mol. The summed E-state index contributed by atoms with van der Waals surface area (Å²) in [5.74, 6) is -0.0756. The van der Waals surface area contributed by atoms with Crippen LogP contribution in [0.5, 0.6) is 0 Å². The van der Waals surface area contributed by atoms with Crippen LogP contribution in [0.2, 0.25) is 0 Å². The Kier molecular flexibility index (Phi) is 7.46. The maximum Gasteiger partial charge on any atom is 0.407 e. The molecule has 3 rings (SSSR count). The molecule has 3 aliphatic rings. The highest BCUT2D eigenvalue weighted by atomic mass is 16.6. The minimum Gasteiger partial charge on any atom is -0.436 e. The summed E-state index contributed by atoms with van der Waals surface area (Å²) >= 11 is 0. The first-order valence-electron chi connectivity index (χ1n) is 10.0. The largest absolute Gasteiger partial charge is 0.436 e. The van der Waals surface area contributed by atoms with E-state index in [0.29, 0.717) is 45.2 Å². The van der Waals surface area contributed by atoms with Crippen molar-refractivity contribution >= 4 is 17.8 Å². The van der Waals surface area contributed by atoms with Crippen LogP contribution in [0.15, 0.2) is 0 Å². The van der Waals surface area contributed by atoms with Crippen molar-refractivity contribution in [3.63, 3.8) is 0 Å². The molecule has 0 aromatic heterocycles. The number of ketones is 1. The van der Waals surface area contributed by atoms with Crippen LogP contribution in [0.3, 0.4) is 0 Å². The van der Waals surface area contributed by atoms with Gasteiger partial charge in [-0.05, 0) is 12.3 Å². The molecule has 2 saturated heterocycles. The minimum absolute atomic E-state index is 0.0153. The zero-order valence-corrected chi connectivity index (χ0v) is 15.8. The van der Waals surface area contributed by atoms with Crippen LogP contribution >= 0.6 is 0 Å². The molecule has 0 unspecified atom stereocenters. The number of Topliss-reactive ketones (excluding diaryl/α,β-unsaturated/α-hetero) is 1. The summed E-state index contributed by atoms with van der Waals surface area (Å²) in [7, 11) is 0. The number of rotatable bonds is 6. The van der Waals surface area contributed by atoms with Gasteiger partial charge in [-0.2, -0.15) is 0 Å². The Morgan fingerprint density at radius 3 is 2.56 bits per heavy atom. The maximum atomic E-state index is 12.9. The van der Waals surface area contributed by atoms with Crippen molar-refractivity contribution in [3.05, 3.63) is 0 Å². The summed E-state index contributed by atoms with van der Waals surface area (Å²) in [5.41, 5.74) is 0. The van der Waals surface area contributed by atoms with Crippen molar-refractivity contribution in [2.24, 2.45) is 11.8 Å². The lowest BCUT2D eigenvalue weighted by Crippen LogP contribution is -2.48. The van der Waals surface area contributed by atoms with E-state index in [2.05, 4.69) is 5.32 Å². The third-order valence-electron chi connectivity index (χ3n) is 5.63. The van der Waals surface area contributed by atoms with Gasteiger partial charge in [0.25, 0.3) is 5.91 Å². The Hall–Kier alpha value is -1.67. The SMILES string of the molecule is O=C(NC[C@@H]1COCC1=O)O[C@@H](CC1CCCCC1)C(=O)N1CCOCC1. The number of carbonyl (C=O) groups excluding carboxylic acids is 3. The smallest absolute Gasteiger partial charge is 0.407 e. The van der Waals surface area contributed by atoms with Crippen LogP contribution in [0.4, 0.5) is 4.79 Å². The number of alkyl carbamates (subject to hydrolysis) is 1. The lowest BCUT2D eigenvalue weighted by atomic mass is 9.85. The molecule has 1 N–H and O–H groups in total. The summed E-state index contributed by atoms with van der Waals surface area (Å²) in [6.45, 7) is 2.67. The number of nitrogens with one attached hydrogen (secondary N) is 1. The van der Waals surface area contributed by atoms with Crippen LogP contribution in [0.25, 0.3) is 0 Å². The van der Waals surface area contributed by atoms with E-state index in [9.17, 15) is 14.4 Å². The molecule has 8 heteroatoms. The first kappa shape index (κ1) is 20.1. The van der Waals surface area contributed by atoms with Gasteiger partial charge >= 0.3 is 6.09 Å². The van der Waals surface area contributed by atoms with E-state index in [1.165, 1.54) is 19.3 Å². The fraction of sp³-hybridized carbons (Fsp3) is 0.842. The monoisotopic (exact) mass is 382 g/mol. The zero-order valence-electron chi connectivity index (χ0n) is 15.8. The molecule has 2 atom stereocenters. The zero-order chi connectivity index (χ0) is 19.1. The molecule has 2 amide bonds. The van der Waals surface area contributed by atoms with Crippen molar-refractivity contribution in [2.75, 3.05) is 46.1 Å². The van der Waals surface area contributed by atoms with Gasteiger partial charge in [-0.25, -0.2) is 4.79 Å². The molecule has 2 aliphatic heterocycles. The highest BCUT2D eigenvalue weighted by Crippen LogP contribution is 2.28. The van der Waals surface area contributed by atoms with E-state index in [1.54, 1.807) is 4.90 Å². The second-order valence-corrected chi connectivity index (χ2v) is 7.63. The highest BCUT2D eigenvalue weighted by molar-refractivity contribution is 5.85. The normalized spacial score (nSPS) is 25.3. The number of morpholine rings is 1. The maximum absolute atomic E-state index is 12.9. The highest BCUT2D eigenvalue weighted by Gasteiger charge is 2.32. The lowest BCUT2D eigenvalue weighted by Gasteiger charge is -2.32. The molecule has 1 saturated carbocycles. The van der Waals surface area contributed by atoms with Gasteiger partial charge in [-0.15, -0.1) is 0 Å². The summed E-state index contributed by atoms with van der Waals surface area (Å²) < 4.78 is 15.9. The Morgan fingerprint density at radius 1 is 1.15 bits per heavy atom. The molecule has 0 aromatic carbocycles. The van der Waals surface area contributed by atoms with Gasteiger partial charge in [0, 0.05) is 19.6 Å². The van der Waals surface area contributed by atoms with E-state index in [0.717, 1.165) is 12.8 Å². The van der Waals surface area contributed by atoms with Gasteiger partial charge in [0.05, 0.1) is 25.7 Å². The molecule has 3 fully saturated rings. The average Bonchev–Trinajstić information content (AvgIpc) is 3.11. The van der Waals surface area contributed by atoms with Crippen LogP contribution in [-0.2, 0) is 23.8 Å². The van der Waals surface area contributed by atoms with E-state index in [4.69, 9.17) is 14.2 Å². The van der Waals surface area contributed by atoms with Crippen molar-refractivity contribution < 1.29 is 28.6 Å². The van der Waals surface area contributed by atoms with Crippen LogP contribution in [0.1, 0.15) is 38.5 Å². The lowest BCUT2D eigenvalue weighted by molar-refractivity contribution is -0.145. The number of amides is 2. The van der Waals surface area contributed by atoms with Crippen molar-refractivity contribution in [3.8, 4) is 0 Å². The second-order valence-electron chi connectivity index (χ2n) is 7.63. The Balaban J connectivity index is 1.54. The summed E-state index contributed by atoms with van der Waals surface area (Å²) in [5, 5.41) is 2.62. The molecule has 1 aliphatic carbocycles. The van der Waals surface area contributed by atoms with Crippen molar-refractivity contribution in [1.29, 1.82) is 0 Å². The van der Waals surface area contributed by atoms with Crippen molar-refractivity contribution in [2.45, 2.75) is 44.6 Å². The Bertz CT molecular complexity index is 528. The number of carbonyl (C=O) groups is 3. The first-order chi connectivity index (χ1) is 13.1. The molecule has 152 valence electrons. The summed E-state index contributed by atoms with van der Waals surface area (Å²) in [6, 6.07) is 0. The fourth-order valence-electron chi connectivity index (χ4n) is 3.98. The molecule has 0 aromatic rings. The van der Waals surface area contributed by atoms with Gasteiger partial charge in [0.1, 0.15) is 6.61 Å². The number of ether oxygens (including phenoxy) is 3. The Morgan fingerprint density at radius 2 is 1.89 bits per heavy atom. The standard InChI is InChI=1S/C19H30N2O6/c22-16-13-26-12-15(16)11-20-19(24)27-17(10-14-4-2-1-3-5-14)18(23)21-6-8-25-9-7-21/h14-15,17H,1-13H2,(H,20,24)/t15-,17+/m1/s1. The van der Waals surface area contributed by atoms with E-state index in [1.807, 2.05) is 0 Å². The van der Waals surface area contributed by atoms with Crippen molar-refractivity contribution in [1.82, 2.24) is 10.2 Å². The fourth-order valence-corrected chi connectivity index (χ4v) is 3.98. The van der Waals surface area contributed by atoms with Gasteiger partial charge in [0.15, 0.2) is 11.9 Å². The molecular formula is C19H30N2O6. The van der Waals surface area contributed by atoms with Gasteiger partial charge < -0.3 is 24.4 Å². The van der Waals surface area contributed by atoms with E-state index >= 15 is 0 Å². The van der Waals surface area contributed by atoms with Gasteiger partial charge in [-0.3, -0.25) is 9.59 Å². The molecule has 8 nitrogen and oxygen atoms in total. The third-order valence-corrected chi connectivity index (χ3v) is 5.63. The van der Waals surface area contributed by atoms with Gasteiger partial charge in [-0.1, -0.05) is 32.1 Å². The van der Waals surface area contributed by atoms with Crippen LogP contribution in [-0.4, -0.2) is 74.8 Å². The van der Waals surface area contributed by atoms with E-state index in [-0.39, 0.29) is 30.8 Å². The predicted octanol–water partition coefficient (Wildman–Crippen LogP) is 1.13. The summed E-state index contributed by atoms with van der Waals surface area (Å²) in [4.78, 5) is 38.5. The molecule has 0 radical (unpaired) electrons.